The monoisotopic (exact) mass is 314 g/mol. The fourth-order valence-electron chi connectivity index (χ4n) is 2.84. The molecule has 21 heavy (non-hydrogen) atoms. The predicted molar refractivity (Wildman–Crippen MR) is 79.9 cm³/mol. The van der Waals surface area contributed by atoms with Crippen molar-refractivity contribution < 1.29 is 23.4 Å². The first-order valence-corrected chi connectivity index (χ1v) is 8.93. The van der Waals surface area contributed by atoms with Crippen LogP contribution in [-0.4, -0.2) is 50.0 Å². The maximum absolute atomic E-state index is 11.6. The molecule has 0 bridgehead atoms. The summed E-state index contributed by atoms with van der Waals surface area (Å²) in [6.45, 7) is -0.134. The average Bonchev–Trinajstić information content (AvgIpc) is 2.86. The van der Waals surface area contributed by atoms with Crippen molar-refractivity contribution in [3.63, 3.8) is 0 Å². The van der Waals surface area contributed by atoms with Crippen LogP contribution in [0.2, 0.25) is 0 Å². The number of benzene rings is 1. The second-order valence-corrected chi connectivity index (χ2v) is 7.92. The van der Waals surface area contributed by atoms with Gasteiger partial charge in [-0.25, -0.2) is 8.42 Å². The first kappa shape index (κ1) is 16.3. The molecule has 5 nitrogen and oxygen atoms in total. The average molecular weight is 314 g/mol. The van der Waals surface area contributed by atoms with Crippen molar-refractivity contribution in [2.24, 2.45) is 11.3 Å². The minimum Gasteiger partial charge on any atom is -0.494 e. The van der Waals surface area contributed by atoms with Crippen molar-refractivity contribution in [3.05, 3.63) is 30.3 Å². The lowest BCUT2D eigenvalue weighted by atomic mass is 9.74. The molecule has 6 heteroatoms. The number of aliphatic hydroxyl groups excluding tert-OH is 2. The van der Waals surface area contributed by atoms with Crippen LogP contribution in [0.25, 0.3) is 0 Å². The summed E-state index contributed by atoms with van der Waals surface area (Å²) in [5.74, 6) is 0.691. The molecule has 0 aliphatic carbocycles. The van der Waals surface area contributed by atoms with E-state index in [1.165, 1.54) is 0 Å². The number of hydrogen-bond donors (Lipinski definition) is 2. The lowest BCUT2D eigenvalue weighted by molar-refractivity contribution is -0.00437. The van der Waals surface area contributed by atoms with Crippen LogP contribution >= 0.6 is 0 Å². The van der Waals surface area contributed by atoms with Gasteiger partial charge in [-0.3, -0.25) is 0 Å². The Morgan fingerprint density at radius 2 is 1.86 bits per heavy atom. The third kappa shape index (κ3) is 3.96. The van der Waals surface area contributed by atoms with Gasteiger partial charge in [0.1, 0.15) is 5.75 Å². The molecule has 1 fully saturated rings. The molecule has 1 aliphatic rings. The Kier molecular flexibility index (Phi) is 5.24. The van der Waals surface area contributed by atoms with Gasteiger partial charge in [0.25, 0.3) is 0 Å². The smallest absolute Gasteiger partial charge is 0.150 e. The number of hydrogen-bond acceptors (Lipinski definition) is 5. The summed E-state index contributed by atoms with van der Waals surface area (Å²) < 4.78 is 28.8. The third-order valence-corrected chi connectivity index (χ3v) is 6.11. The van der Waals surface area contributed by atoms with Crippen molar-refractivity contribution >= 4 is 9.84 Å². The number of ether oxygens (including phenoxy) is 1. The molecule has 2 rings (SSSR count). The summed E-state index contributed by atoms with van der Waals surface area (Å²) in [5, 5.41) is 19.4. The van der Waals surface area contributed by atoms with Crippen LogP contribution in [0.5, 0.6) is 5.75 Å². The largest absolute Gasteiger partial charge is 0.494 e. The van der Waals surface area contributed by atoms with E-state index >= 15 is 0 Å². The molecular weight excluding hydrogens is 292 g/mol. The third-order valence-electron chi connectivity index (χ3n) is 4.34. The van der Waals surface area contributed by atoms with Gasteiger partial charge in [-0.2, -0.15) is 0 Å². The van der Waals surface area contributed by atoms with E-state index in [1.807, 2.05) is 30.3 Å². The molecule has 1 aromatic carbocycles. The second kappa shape index (κ2) is 6.77. The van der Waals surface area contributed by atoms with E-state index in [9.17, 15) is 18.6 Å². The van der Waals surface area contributed by atoms with Crippen LogP contribution in [0.1, 0.15) is 12.8 Å². The lowest BCUT2D eigenvalue weighted by Gasteiger charge is -2.35. The number of rotatable bonds is 7. The fraction of sp³-hybridized carbons (Fsp3) is 0.600. The fourth-order valence-corrected chi connectivity index (χ4v) is 4.78. The van der Waals surface area contributed by atoms with E-state index in [4.69, 9.17) is 4.74 Å². The van der Waals surface area contributed by atoms with Crippen molar-refractivity contribution in [2.45, 2.75) is 12.8 Å². The van der Waals surface area contributed by atoms with E-state index in [1.54, 1.807) is 0 Å². The highest BCUT2D eigenvalue weighted by molar-refractivity contribution is 7.91. The first-order valence-electron chi connectivity index (χ1n) is 7.11. The SMILES string of the molecule is O=S1(=O)CCC(C(CO)(CO)CCOc2ccccc2)C1. The highest BCUT2D eigenvalue weighted by Crippen LogP contribution is 2.38. The van der Waals surface area contributed by atoms with E-state index in [2.05, 4.69) is 0 Å². The van der Waals surface area contributed by atoms with Crippen molar-refractivity contribution in [2.75, 3.05) is 31.3 Å². The summed E-state index contributed by atoms with van der Waals surface area (Å²) in [7, 11) is -3.04. The van der Waals surface area contributed by atoms with Gasteiger partial charge in [0.2, 0.25) is 0 Å². The van der Waals surface area contributed by atoms with Crippen LogP contribution in [0.3, 0.4) is 0 Å². The quantitative estimate of drug-likeness (QED) is 0.780. The molecule has 0 radical (unpaired) electrons. The molecule has 1 atom stereocenters. The van der Waals surface area contributed by atoms with Crippen LogP contribution in [0.15, 0.2) is 30.3 Å². The lowest BCUT2D eigenvalue weighted by Crippen LogP contribution is -2.40. The molecule has 1 heterocycles. The molecular formula is C15H22O5S. The zero-order valence-electron chi connectivity index (χ0n) is 11.9. The highest BCUT2D eigenvalue weighted by atomic mass is 32.2. The number of aliphatic hydroxyl groups is 2. The molecule has 1 saturated heterocycles. The van der Waals surface area contributed by atoms with Crippen molar-refractivity contribution in [1.29, 1.82) is 0 Å². The second-order valence-electron chi connectivity index (χ2n) is 5.69. The normalized spacial score (nSPS) is 21.3. The first-order chi connectivity index (χ1) is 10.0. The Morgan fingerprint density at radius 3 is 2.38 bits per heavy atom. The minimum absolute atomic E-state index is 0.0411. The number of para-hydroxylation sites is 1. The summed E-state index contributed by atoms with van der Waals surface area (Å²) in [6, 6.07) is 9.29. The Labute approximate surface area is 125 Å². The van der Waals surface area contributed by atoms with Gasteiger partial charge < -0.3 is 14.9 Å². The topological polar surface area (TPSA) is 83.8 Å². The minimum atomic E-state index is -3.04. The number of sulfone groups is 1. The van der Waals surface area contributed by atoms with E-state index in [0.29, 0.717) is 19.4 Å². The van der Waals surface area contributed by atoms with Crippen LogP contribution in [0.4, 0.5) is 0 Å². The molecule has 0 spiro atoms. The maximum atomic E-state index is 11.6. The molecule has 0 saturated carbocycles. The van der Waals surface area contributed by atoms with Gasteiger partial charge in [-0.1, -0.05) is 18.2 Å². The van der Waals surface area contributed by atoms with Crippen LogP contribution in [0, 0.1) is 11.3 Å². The van der Waals surface area contributed by atoms with Crippen LogP contribution < -0.4 is 4.74 Å². The van der Waals surface area contributed by atoms with E-state index < -0.39 is 15.3 Å². The van der Waals surface area contributed by atoms with Crippen LogP contribution in [-0.2, 0) is 9.84 Å². The zero-order valence-corrected chi connectivity index (χ0v) is 12.8. The van der Waals surface area contributed by atoms with Crippen molar-refractivity contribution in [1.82, 2.24) is 0 Å². The molecule has 1 aromatic rings. The Balaban J connectivity index is 1.98. The standard InChI is InChI=1S/C15H22O5S/c16-11-15(12-17,13-6-9-21(18,19)10-13)7-8-20-14-4-2-1-3-5-14/h1-5,13,16-17H,6-12H2. The van der Waals surface area contributed by atoms with Gasteiger partial charge in [0.15, 0.2) is 9.84 Å². The Hall–Kier alpha value is -1.11. The molecule has 2 N–H and O–H groups in total. The Bertz CT molecular complexity index is 536. The highest BCUT2D eigenvalue weighted by Gasteiger charge is 2.43. The Morgan fingerprint density at radius 1 is 1.19 bits per heavy atom. The molecule has 0 aromatic heterocycles. The predicted octanol–water partition coefficient (Wildman–Crippen LogP) is 0.861. The van der Waals surface area contributed by atoms with Gasteiger partial charge in [-0.05, 0) is 30.9 Å². The summed E-state index contributed by atoms with van der Waals surface area (Å²) in [6.07, 6.45) is 0.921. The van der Waals surface area contributed by atoms with Gasteiger partial charge in [0.05, 0.1) is 31.3 Å². The maximum Gasteiger partial charge on any atom is 0.150 e. The molecule has 118 valence electrons. The summed E-state index contributed by atoms with van der Waals surface area (Å²) >= 11 is 0. The zero-order chi connectivity index (χ0) is 15.3. The van der Waals surface area contributed by atoms with E-state index in [0.717, 1.165) is 5.75 Å². The summed E-state index contributed by atoms with van der Waals surface area (Å²) in [4.78, 5) is 0. The van der Waals surface area contributed by atoms with Gasteiger partial charge in [0, 0.05) is 5.41 Å². The van der Waals surface area contributed by atoms with Gasteiger partial charge in [-0.15, -0.1) is 0 Å². The van der Waals surface area contributed by atoms with Crippen molar-refractivity contribution in [3.8, 4) is 5.75 Å². The molecule has 1 unspecified atom stereocenters. The summed E-state index contributed by atoms with van der Waals surface area (Å²) in [5.41, 5.74) is -0.793. The molecule has 1 aliphatic heterocycles. The molecule has 0 amide bonds. The van der Waals surface area contributed by atoms with E-state index in [-0.39, 0.29) is 30.6 Å². The van der Waals surface area contributed by atoms with Gasteiger partial charge >= 0.3 is 0 Å².